The van der Waals surface area contributed by atoms with E-state index in [4.69, 9.17) is 5.11 Å². The molecule has 2 N–H and O–H groups in total. The van der Waals surface area contributed by atoms with Crippen molar-refractivity contribution in [3.63, 3.8) is 0 Å². The molecule has 0 aliphatic heterocycles. The van der Waals surface area contributed by atoms with E-state index < -0.39 is 10.0 Å². The SMILES string of the molecule is Cn1cnc(CNS(=O)(=O)c2ccccc2CO)n1. The molecule has 0 bridgehead atoms. The Morgan fingerprint density at radius 3 is 2.74 bits per heavy atom. The van der Waals surface area contributed by atoms with Crippen molar-refractivity contribution in [2.45, 2.75) is 18.0 Å². The Morgan fingerprint density at radius 1 is 1.37 bits per heavy atom. The molecule has 0 fully saturated rings. The van der Waals surface area contributed by atoms with Crippen LogP contribution in [0.1, 0.15) is 11.4 Å². The smallest absolute Gasteiger partial charge is 0.241 e. The van der Waals surface area contributed by atoms with E-state index in [0.29, 0.717) is 11.4 Å². The summed E-state index contributed by atoms with van der Waals surface area (Å²) < 4.78 is 28.1. The minimum Gasteiger partial charge on any atom is -0.392 e. The first-order valence-corrected chi connectivity index (χ1v) is 7.04. The van der Waals surface area contributed by atoms with Crippen LogP contribution in [-0.4, -0.2) is 28.3 Å². The maximum Gasteiger partial charge on any atom is 0.241 e. The number of benzene rings is 1. The first-order chi connectivity index (χ1) is 9.03. The van der Waals surface area contributed by atoms with Crippen LogP contribution in [-0.2, 0) is 30.2 Å². The zero-order valence-corrected chi connectivity index (χ0v) is 11.1. The number of aliphatic hydroxyl groups is 1. The molecule has 0 saturated heterocycles. The minimum atomic E-state index is -3.69. The maximum absolute atomic E-state index is 12.1. The lowest BCUT2D eigenvalue weighted by Crippen LogP contribution is -2.25. The lowest BCUT2D eigenvalue weighted by atomic mass is 10.2. The van der Waals surface area contributed by atoms with Gasteiger partial charge in [-0.1, -0.05) is 18.2 Å². The van der Waals surface area contributed by atoms with Gasteiger partial charge in [0.05, 0.1) is 18.0 Å². The van der Waals surface area contributed by atoms with Crippen molar-refractivity contribution in [2.24, 2.45) is 7.05 Å². The molecule has 1 aromatic heterocycles. The van der Waals surface area contributed by atoms with E-state index in [-0.39, 0.29) is 18.0 Å². The fourth-order valence-corrected chi connectivity index (χ4v) is 2.81. The number of rotatable bonds is 5. The van der Waals surface area contributed by atoms with Crippen LogP contribution in [0.3, 0.4) is 0 Å². The highest BCUT2D eigenvalue weighted by atomic mass is 32.2. The molecule has 0 aliphatic rings. The summed E-state index contributed by atoms with van der Waals surface area (Å²) >= 11 is 0. The molecule has 0 saturated carbocycles. The second-order valence-electron chi connectivity index (χ2n) is 3.92. The zero-order chi connectivity index (χ0) is 13.9. The van der Waals surface area contributed by atoms with Gasteiger partial charge < -0.3 is 5.11 Å². The quantitative estimate of drug-likeness (QED) is 0.790. The summed E-state index contributed by atoms with van der Waals surface area (Å²) in [5.74, 6) is 0.382. The van der Waals surface area contributed by atoms with Crippen molar-refractivity contribution < 1.29 is 13.5 Å². The molecular weight excluding hydrogens is 268 g/mol. The van der Waals surface area contributed by atoms with Crippen LogP contribution >= 0.6 is 0 Å². The first kappa shape index (κ1) is 13.7. The summed E-state index contributed by atoms with van der Waals surface area (Å²) in [5.41, 5.74) is 0.351. The van der Waals surface area contributed by atoms with Gasteiger partial charge in [0.1, 0.15) is 6.33 Å². The van der Waals surface area contributed by atoms with Crippen molar-refractivity contribution >= 4 is 10.0 Å². The normalized spacial score (nSPS) is 11.7. The van der Waals surface area contributed by atoms with Gasteiger partial charge in [-0.05, 0) is 11.6 Å². The summed E-state index contributed by atoms with van der Waals surface area (Å²) in [4.78, 5) is 3.99. The lowest BCUT2D eigenvalue weighted by molar-refractivity contribution is 0.278. The monoisotopic (exact) mass is 282 g/mol. The van der Waals surface area contributed by atoms with Crippen LogP contribution in [0.25, 0.3) is 0 Å². The van der Waals surface area contributed by atoms with Gasteiger partial charge in [-0.25, -0.2) is 18.1 Å². The Balaban J connectivity index is 2.18. The van der Waals surface area contributed by atoms with Gasteiger partial charge in [-0.2, -0.15) is 5.10 Å². The molecule has 0 spiro atoms. The number of nitrogens with one attached hydrogen (secondary N) is 1. The van der Waals surface area contributed by atoms with Crippen molar-refractivity contribution in [1.82, 2.24) is 19.5 Å². The number of aryl methyl sites for hydroxylation is 1. The third-order valence-corrected chi connectivity index (χ3v) is 4.00. The summed E-state index contributed by atoms with van der Waals surface area (Å²) in [5, 5.41) is 13.1. The van der Waals surface area contributed by atoms with E-state index in [2.05, 4.69) is 14.8 Å². The molecule has 19 heavy (non-hydrogen) atoms. The highest BCUT2D eigenvalue weighted by Gasteiger charge is 2.17. The molecular formula is C11H14N4O3S. The number of hydrogen-bond donors (Lipinski definition) is 2. The molecule has 8 heteroatoms. The average molecular weight is 282 g/mol. The van der Waals surface area contributed by atoms with Crippen LogP contribution < -0.4 is 4.72 Å². The fraction of sp³-hybridized carbons (Fsp3) is 0.273. The third-order valence-electron chi connectivity index (χ3n) is 2.50. The van der Waals surface area contributed by atoms with Crippen molar-refractivity contribution in [3.8, 4) is 0 Å². The largest absolute Gasteiger partial charge is 0.392 e. The number of aromatic nitrogens is 3. The van der Waals surface area contributed by atoms with Gasteiger partial charge in [-0.15, -0.1) is 0 Å². The zero-order valence-electron chi connectivity index (χ0n) is 10.3. The summed E-state index contributed by atoms with van der Waals surface area (Å²) in [6.45, 7) is -0.331. The van der Waals surface area contributed by atoms with Gasteiger partial charge in [0, 0.05) is 7.05 Å². The van der Waals surface area contributed by atoms with E-state index in [1.54, 1.807) is 25.2 Å². The van der Waals surface area contributed by atoms with Crippen molar-refractivity contribution in [2.75, 3.05) is 0 Å². The highest BCUT2D eigenvalue weighted by Crippen LogP contribution is 2.15. The van der Waals surface area contributed by atoms with E-state index in [1.165, 1.54) is 17.1 Å². The fourth-order valence-electron chi connectivity index (χ4n) is 1.60. The van der Waals surface area contributed by atoms with Gasteiger partial charge in [-0.3, -0.25) is 4.68 Å². The predicted octanol–water partition coefficient (Wildman–Crippen LogP) is -0.214. The Kier molecular flexibility index (Phi) is 3.93. The summed E-state index contributed by atoms with van der Waals surface area (Å²) in [7, 11) is -1.99. The summed E-state index contributed by atoms with van der Waals surface area (Å²) in [6, 6.07) is 6.28. The molecule has 1 heterocycles. The standard InChI is InChI=1S/C11H14N4O3S/c1-15-8-12-11(14-15)6-13-19(17,18)10-5-3-2-4-9(10)7-16/h2-5,8,13,16H,6-7H2,1H3. The van der Waals surface area contributed by atoms with Crippen molar-refractivity contribution in [3.05, 3.63) is 42.0 Å². The third kappa shape index (κ3) is 3.16. The second kappa shape index (κ2) is 5.47. The van der Waals surface area contributed by atoms with Gasteiger partial charge in [0.25, 0.3) is 0 Å². The predicted molar refractivity (Wildman–Crippen MR) is 67.4 cm³/mol. The molecule has 0 unspecified atom stereocenters. The number of aliphatic hydroxyl groups excluding tert-OH is 1. The number of sulfonamides is 1. The summed E-state index contributed by atoms with van der Waals surface area (Å²) in [6.07, 6.45) is 1.49. The van der Waals surface area contributed by atoms with Crippen molar-refractivity contribution in [1.29, 1.82) is 0 Å². The van der Waals surface area contributed by atoms with E-state index in [1.807, 2.05) is 0 Å². The Morgan fingerprint density at radius 2 is 2.11 bits per heavy atom. The van der Waals surface area contributed by atoms with E-state index >= 15 is 0 Å². The molecule has 2 rings (SSSR count). The Labute approximate surface area is 111 Å². The van der Waals surface area contributed by atoms with Crippen LogP contribution in [0, 0.1) is 0 Å². The van der Waals surface area contributed by atoms with Crippen LogP contribution in [0.2, 0.25) is 0 Å². The lowest BCUT2D eigenvalue weighted by Gasteiger charge is -2.08. The molecule has 0 atom stereocenters. The minimum absolute atomic E-state index is 0.00291. The van der Waals surface area contributed by atoms with Gasteiger partial charge in [0.2, 0.25) is 10.0 Å². The second-order valence-corrected chi connectivity index (χ2v) is 5.66. The van der Waals surface area contributed by atoms with Crippen LogP contribution in [0.4, 0.5) is 0 Å². The van der Waals surface area contributed by atoms with E-state index in [0.717, 1.165) is 0 Å². The molecule has 0 aliphatic carbocycles. The number of nitrogens with zero attached hydrogens (tertiary/aromatic N) is 3. The van der Waals surface area contributed by atoms with Gasteiger partial charge >= 0.3 is 0 Å². The topological polar surface area (TPSA) is 97.1 Å². The molecule has 102 valence electrons. The maximum atomic E-state index is 12.1. The van der Waals surface area contributed by atoms with Crippen LogP contribution in [0.15, 0.2) is 35.5 Å². The number of hydrogen-bond acceptors (Lipinski definition) is 5. The van der Waals surface area contributed by atoms with Gasteiger partial charge in [0.15, 0.2) is 5.82 Å². The van der Waals surface area contributed by atoms with Crippen LogP contribution in [0.5, 0.6) is 0 Å². The molecule has 7 nitrogen and oxygen atoms in total. The highest BCUT2D eigenvalue weighted by molar-refractivity contribution is 7.89. The molecule has 0 radical (unpaired) electrons. The Bertz CT molecular complexity index is 666. The van der Waals surface area contributed by atoms with E-state index in [9.17, 15) is 8.42 Å². The molecule has 1 aromatic carbocycles. The Hall–Kier alpha value is -1.77. The molecule has 0 amide bonds. The average Bonchev–Trinajstić information content (AvgIpc) is 2.82. The first-order valence-electron chi connectivity index (χ1n) is 5.56. The molecule has 2 aromatic rings.